The van der Waals surface area contributed by atoms with Gasteiger partial charge in [-0.05, 0) is 120 Å². The van der Waals surface area contributed by atoms with E-state index in [0.29, 0.717) is 5.46 Å². The van der Waals surface area contributed by atoms with E-state index >= 15 is 0 Å². The SMILES string of the molecule is Brc1cc2c3c(c1)n1c4ccccc4nc1n3c1nc3ccccc3n21.OB(O)c1ccc2oc3ccccc3c2c1.c1ccc2c(c1)nc1n2c2cc(-c3ccc4oc5ccccc5c4c3)cc3c2n1c1nc2ccccc2n31. The van der Waals surface area contributed by atoms with Crippen molar-refractivity contribution in [3.05, 3.63) is 211 Å². The van der Waals surface area contributed by atoms with Crippen LogP contribution in [-0.4, -0.2) is 63.5 Å². The Morgan fingerprint density at radius 2 is 0.688 bits per heavy atom. The highest BCUT2D eigenvalue weighted by molar-refractivity contribution is 9.10. The van der Waals surface area contributed by atoms with Crippen molar-refractivity contribution in [2.45, 2.75) is 0 Å². The maximum atomic E-state index is 9.12. The third-order valence-electron chi connectivity index (χ3n) is 15.9. The molecule has 80 heavy (non-hydrogen) atoms. The van der Waals surface area contributed by atoms with Crippen LogP contribution >= 0.6 is 15.9 Å². The van der Waals surface area contributed by atoms with Crippen LogP contribution in [0, 0.1) is 0 Å². The molecule has 16 heteroatoms. The molecule has 0 radical (unpaired) electrons. The highest BCUT2D eigenvalue weighted by Gasteiger charge is 2.26. The number of para-hydroxylation sites is 10. The van der Waals surface area contributed by atoms with Crippen LogP contribution in [0.1, 0.15) is 0 Å². The zero-order chi connectivity index (χ0) is 52.6. The molecule has 14 nitrogen and oxygen atoms in total. The Morgan fingerprint density at radius 1 is 0.325 bits per heavy atom. The number of aromatic nitrogens is 10. The Kier molecular flexibility index (Phi) is 8.72. The molecule has 10 heterocycles. The van der Waals surface area contributed by atoms with E-state index in [1.54, 1.807) is 18.2 Å². The number of imidazole rings is 8. The summed E-state index contributed by atoms with van der Waals surface area (Å²) in [5.74, 6) is 3.55. The molecule has 0 saturated heterocycles. The van der Waals surface area contributed by atoms with Gasteiger partial charge in [0.15, 0.2) is 0 Å². The molecule has 20 aromatic rings. The molecule has 0 fully saturated rings. The van der Waals surface area contributed by atoms with Crippen LogP contribution in [0.4, 0.5) is 0 Å². The van der Waals surface area contributed by atoms with E-state index in [2.05, 4.69) is 170 Å². The van der Waals surface area contributed by atoms with Gasteiger partial charge in [-0.1, -0.05) is 119 Å². The molecule has 0 bridgehead atoms. The van der Waals surface area contributed by atoms with Gasteiger partial charge in [0.05, 0.1) is 66.2 Å². The lowest BCUT2D eigenvalue weighted by atomic mass is 9.80. The van der Waals surface area contributed by atoms with E-state index in [9.17, 15) is 0 Å². The number of rotatable bonds is 2. The van der Waals surface area contributed by atoms with E-state index in [-0.39, 0.29) is 0 Å². The second kappa shape index (κ2) is 15.9. The van der Waals surface area contributed by atoms with Gasteiger partial charge in [-0.2, -0.15) is 0 Å². The molecule has 0 amide bonds. The topological polar surface area (TPSA) is 145 Å². The third-order valence-corrected chi connectivity index (χ3v) is 16.4. The van der Waals surface area contributed by atoms with Crippen LogP contribution < -0.4 is 5.46 Å². The zero-order valence-corrected chi connectivity index (χ0v) is 43.4. The fraction of sp³-hybridized carbons (Fsp3) is 0. The standard InChI is InChI=1S/C32H17N5O.C20H10BrN5.C12H9BO3/c1-6-12-28-20(7-1)21-15-18(13-14-29(21)38-28)19-16-26-30-27(17-19)36-25-11-5-3-9-23(25)34-32(36)37(30)31-33-22-8-2-4-10-24(22)35(26)31;21-11-9-16-18-17(10-11)25-15-8-4-2-6-13(15)23-20(25)26(18)19-22-12-5-1-3-7-14(12)24(16)19;14-13(15)8-5-6-12-10(7-8)9-3-1-2-4-11(9)16-12/h1-17H;1-10H;1-7,14-15H. The van der Waals surface area contributed by atoms with Crippen LogP contribution in [-0.2, 0) is 0 Å². The normalized spacial score (nSPS) is 12.4. The molecule has 376 valence electrons. The summed E-state index contributed by atoms with van der Waals surface area (Å²) in [7, 11) is -1.45. The van der Waals surface area contributed by atoms with Crippen molar-refractivity contribution in [3.8, 4) is 11.1 Å². The molecular weight excluding hydrogens is 1060 g/mol. The van der Waals surface area contributed by atoms with Gasteiger partial charge in [0.2, 0.25) is 23.1 Å². The van der Waals surface area contributed by atoms with Crippen LogP contribution in [0.2, 0.25) is 0 Å². The average Bonchev–Trinajstić information content (AvgIpc) is 4.56. The average molecular weight is 1100 g/mol. The minimum Gasteiger partial charge on any atom is -0.456 e. The molecule has 0 spiro atoms. The summed E-state index contributed by atoms with van der Waals surface area (Å²) in [5.41, 5.74) is 21.2. The second-order valence-corrected chi connectivity index (χ2v) is 21.2. The fourth-order valence-electron chi connectivity index (χ4n) is 12.5. The van der Waals surface area contributed by atoms with E-state index in [0.717, 1.165) is 160 Å². The monoisotopic (exact) mass is 1100 g/mol. The minimum absolute atomic E-state index is 0.471. The number of fused-ring (bicyclic) bond motifs is 26. The third kappa shape index (κ3) is 5.92. The lowest BCUT2D eigenvalue weighted by Gasteiger charge is -2.05. The summed E-state index contributed by atoms with van der Waals surface area (Å²) < 4.78 is 26.1. The molecule has 0 aliphatic rings. The predicted octanol–water partition coefficient (Wildman–Crippen LogP) is 13.9. The number of hydrogen-bond donors (Lipinski definition) is 2. The highest BCUT2D eigenvalue weighted by Crippen LogP contribution is 2.40. The van der Waals surface area contributed by atoms with Crippen molar-refractivity contribution < 1.29 is 18.9 Å². The van der Waals surface area contributed by atoms with Gasteiger partial charge < -0.3 is 18.9 Å². The van der Waals surface area contributed by atoms with Gasteiger partial charge in [0.25, 0.3) is 0 Å². The molecule has 0 atom stereocenters. The predicted molar refractivity (Wildman–Crippen MR) is 321 cm³/mol. The van der Waals surface area contributed by atoms with Crippen molar-refractivity contribution in [1.29, 1.82) is 0 Å². The van der Waals surface area contributed by atoms with Gasteiger partial charge in [-0.3, -0.25) is 17.6 Å². The van der Waals surface area contributed by atoms with Crippen molar-refractivity contribution >= 4 is 173 Å². The summed E-state index contributed by atoms with van der Waals surface area (Å²) in [6.45, 7) is 0. The Bertz CT molecular complexity index is 5720. The number of benzene rings is 10. The summed E-state index contributed by atoms with van der Waals surface area (Å²) in [6, 6.07) is 69.6. The highest BCUT2D eigenvalue weighted by atomic mass is 79.9. The maximum Gasteiger partial charge on any atom is 0.488 e. The van der Waals surface area contributed by atoms with E-state index in [1.807, 2.05) is 60.7 Å². The summed E-state index contributed by atoms with van der Waals surface area (Å²) in [6.07, 6.45) is 0. The first-order chi connectivity index (χ1) is 39.4. The van der Waals surface area contributed by atoms with Gasteiger partial charge in [-0.25, -0.2) is 28.7 Å². The molecule has 20 rings (SSSR count). The van der Waals surface area contributed by atoms with Crippen molar-refractivity contribution in [2.24, 2.45) is 0 Å². The lowest BCUT2D eigenvalue weighted by molar-refractivity contribution is 0.426. The molecular formula is C64H36BBrN10O4. The van der Waals surface area contributed by atoms with Gasteiger partial charge >= 0.3 is 7.12 Å². The summed E-state index contributed by atoms with van der Waals surface area (Å²) >= 11 is 3.70. The van der Waals surface area contributed by atoms with Crippen molar-refractivity contribution in [2.75, 3.05) is 0 Å². The number of nitrogens with zero attached hydrogens (tertiary/aromatic N) is 10. The lowest BCUT2D eigenvalue weighted by Crippen LogP contribution is -2.29. The largest absolute Gasteiger partial charge is 0.488 e. The van der Waals surface area contributed by atoms with E-state index < -0.39 is 7.12 Å². The first-order valence-corrected chi connectivity index (χ1v) is 26.9. The van der Waals surface area contributed by atoms with E-state index in [4.69, 9.17) is 38.8 Å². The Morgan fingerprint density at radius 3 is 1.12 bits per heavy atom. The summed E-state index contributed by atoms with van der Waals surface area (Å²) in [4.78, 5) is 19.9. The van der Waals surface area contributed by atoms with Gasteiger partial charge in [0, 0.05) is 26.0 Å². The van der Waals surface area contributed by atoms with Crippen LogP contribution in [0.15, 0.2) is 220 Å². The second-order valence-electron chi connectivity index (χ2n) is 20.3. The number of furan rings is 2. The maximum absolute atomic E-state index is 9.12. The number of halogens is 1. The van der Waals surface area contributed by atoms with Gasteiger partial charge in [-0.15, -0.1) is 0 Å². The molecule has 10 aromatic carbocycles. The van der Waals surface area contributed by atoms with E-state index in [1.165, 1.54) is 0 Å². The number of hydrogen-bond acceptors (Lipinski definition) is 8. The molecule has 0 aliphatic heterocycles. The van der Waals surface area contributed by atoms with Crippen LogP contribution in [0.25, 0.3) is 155 Å². The first kappa shape index (κ1) is 43.8. The zero-order valence-electron chi connectivity index (χ0n) is 41.8. The molecule has 0 saturated carbocycles. The Balaban J connectivity index is 0.000000102. The first-order valence-electron chi connectivity index (χ1n) is 26.1. The minimum atomic E-state index is -1.45. The Hall–Kier alpha value is -10.3. The fourth-order valence-corrected chi connectivity index (χ4v) is 12.9. The molecule has 0 unspecified atom stereocenters. The molecule has 0 aliphatic carbocycles. The van der Waals surface area contributed by atoms with Crippen molar-refractivity contribution in [3.63, 3.8) is 0 Å². The smallest absolute Gasteiger partial charge is 0.456 e. The summed E-state index contributed by atoms with van der Waals surface area (Å²) in [5, 5.41) is 22.4. The van der Waals surface area contributed by atoms with Crippen LogP contribution in [0.5, 0.6) is 0 Å². The van der Waals surface area contributed by atoms with Gasteiger partial charge in [0.1, 0.15) is 33.4 Å². The van der Waals surface area contributed by atoms with Crippen molar-refractivity contribution in [1.82, 2.24) is 46.3 Å². The molecule has 10 aromatic heterocycles. The quantitative estimate of drug-likeness (QED) is 0.163. The molecule has 2 N–H and O–H groups in total. The van der Waals surface area contributed by atoms with Crippen LogP contribution in [0.3, 0.4) is 0 Å². The Labute approximate surface area is 457 Å².